The van der Waals surface area contributed by atoms with Crippen molar-refractivity contribution in [2.24, 2.45) is 0 Å². The van der Waals surface area contributed by atoms with Crippen LogP contribution in [0.2, 0.25) is 0 Å². The van der Waals surface area contributed by atoms with Crippen LogP contribution in [0.15, 0.2) is 10.7 Å². The van der Waals surface area contributed by atoms with Gasteiger partial charge in [0.25, 0.3) is 0 Å². The van der Waals surface area contributed by atoms with E-state index in [1.54, 1.807) is 6.20 Å². The van der Waals surface area contributed by atoms with E-state index in [0.717, 1.165) is 4.47 Å². The van der Waals surface area contributed by atoms with Gasteiger partial charge in [0.15, 0.2) is 3.83 Å². The molecule has 0 saturated carbocycles. The first kappa shape index (κ1) is 7.20. The van der Waals surface area contributed by atoms with Crippen LogP contribution in [0.4, 0.5) is 5.82 Å². The smallest absolute Gasteiger partial charge is 0.192 e. The second-order valence-electron chi connectivity index (χ2n) is 1.37. The van der Waals surface area contributed by atoms with Gasteiger partial charge in [-0.25, -0.2) is 9.97 Å². The summed E-state index contributed by atoms with van der Waals surface area (Å²) in [6.07, 6.45) is 1.63. The first-order chi connectivity index (χ1) is 4.20. The van der Waals surface area contributed by atoms with E-state index in [1.165, 1.54) is 0 Å². The summed E-state index contributed by atoms with van der Waals surface area (Å²) in [6, 6.07) is 0. The van der Waals surface area contributed by atoms with Crippen molar-refractivity contribution in [3.63, 3.8) is 0 Å². The predicted molar refractivity (Wildman–Crippen MR) is 46.9 cm³/mol. The maximum atomic E-state index is 5.42. The molecule has 0 saturated heterocycles. The third kappa shape index (κ3) is 1.75. The highest BCUT2D eigenvalue weighted by molar-refractivity contribution is 14.1. The molecule has 5 heteroatoms. The minimum absolute atomic E-state index is 0.481. The van der Waals surface area contributed by atoms with Gasteiger partial charge >= 0.3 is 0 Å². The van der Waals surface area contributed by atoms with Gasteiger partial charge in [-0.15, -0.1) is 0 Å². The van der Waals surface area contributed by atoms with Gasteiger partial charge in [-0.05, 0) is 15.9 Å². The average molecular weight is 300 g/mol. The number of hydrogen-bond donors (Lipinski definition) is 1. The fraction of sp³-hybridized carbons (Fsp3) is 0. The summed E-state index contributed by atoms with van der Waals surface area (Å²) < 4.78 is 1.40. The molecule has 0 fully saturated rings. The maximum Gasteiger partial charge on any atom is 0.192 e. The number of aromatic nitrogens is 2. The van der Waals surface area contributed by atoms with Crippen molar-refractivity contribution in [3.8, 4) is 0 Å². The van der Waals surface area contributed by atoms with E-state index in [9.17, 15) is 0 Å². The SMILES string of the molecule is Nc1nc(I)ncc1Br. The molecule has 0 spiro atoms. The van der Waals surface area contributed by atoms with E-state index in [-0.39, 0.29) is 0 Å². The predicted octanol–water partition coefficient (Wildman–Crippen LogP) is 1.43. The van der Waals surface area contributed by atoms with Crippen molar-refractivity contribution >= 4 is 44.3 Å². The molecule has 9 heavy (non-hydrogen) atoms. The number of rotatable bonds is 0. The minimum atomic E-state index is 0.481. The van der Waals surface area contributed by atoms with Gasteiger partial charge in [-0.3, -0.25) is 0 Å². The Hall–Kier alpha value is 0.0900. The van der Waals surface area contributed by atoms with Crippen molar-refractivity contribution in [3.05, 3.63) is 14.5 Å². The van der Waals surface area contributed by atoms with Crippen LogP contribution in [-0.2, 0) is 0 Å². The molecule has 0 aromatic carbocycles. The molecule has 2 N–H and O–H groups in total. The molecule has 0 unspecified atom stereocenters. The van der Waals surface area contributed by atoms with Gasteiger partial charge in [0.2, 0.25) is 0 Å². The molecule has 3 nitrogen and oxygen atoms in total. The summed E-state index contributed by atoms with van der Waals surface area (Å²) in [6.45, 7) is 0. The van der Waals surface area contributed by atoms with Crippen LogP contribution in [0, 0.1) is 3.83 Å². The zero-order valence-electron chi connectivity index (χ0n) is 4.31. The van der Waals surface area contributed by atoms with Gasteiger partial charge in [-0.1, -0.05) is 0 Å². The molecular weight excluding hydrogens is 297 g/mol. The summed E-state index contributed by atoms with van der Waals surface area (Å²) in [7, 11) is 0. The quantitative estimate of drug-likeness (QED) is 0.582. The molecule has 1 rings (SSSR count). The van der Waals surface area contributed by atoms with Crippen molar-refractivity contribution in [2.45, 2.75) is 0 Å². The van der Waals surface area contributed by atoms with Crippen molar-refractivity contribution in [1.29, 1.82) is 0 Å². The molecule has 1 heterocycles. The Balaban J connectivity index is 3.17. The zero-order valence-corrected chi connectivity index (χ0v) is 8.05. The number of nitrogens with two attached hydrogens (primary N) is 1. The van der Waals surface area contributed by atoms with E-state index >= 15 is 0 Å². The van der Waals surface area contributed by atoms with Gasteiger partial charge in [-0.2, -0.15) is 0 Å². The fourth-order valence-corrected chi connectivity index (χ4v) is 0.948. The lowest BCUT2D eigenvalue weighted by molar-refractivity contribution is 1.10. The van der Waals surface area contributed by atoms with Crippen LogP contribution < -0.4 is 5.73 Å². The molecule has 0 radical (unpaired) electrons. The highest BCUT2D eigenvalue weighted by Gasteiger charge is 1.95. The van der Waals surface area contributed by atoms with Gasteiger partial charge in [0, 0.05) is 28.8 Å². The number of anilines is 1. The Labute approximate surface area is 74.3 Å². The van der Waals surface area contributed by atoms with Crippen molar-refractivity contribution < 1.29 is 0 Å². The van der Waals surface area contributed by atoms with Crippen molar-refractivity contribution in [2.75, 3.05) is 5.73 Å². The third-order valence-electron chi connectivity index (χ3n) is 0.742. The normalized spacial score (nSPS) is 9.56. The minimum Gasteiger partial charge on any atom is -0.383 e. The van der Waals surface area contributed by atoms with E-state index in [1.807, 2.05) is 22.6 Å². The molecule has 0 amide bonds. The Morgan fingerprint density at radius 2 is 2.33 bits per heavy atom. The van der Waals surface area contributed by atoms with Crippen LogP contribution in [0.5, 0.6) is 0 Å². The molecule has 0 aliphatic heterocycles. The summed E-state index contributed by atoms with van der Waals surface area (Å²) in [4.78, 5) is 7.77. The van der Waals surface area contributed by atoms with Gasteiger partial charge < -0.3 is 5.73 Å². The Morgan fingerprint density at radius 3 is 2.78 bits per heavy atom. The molecule has 0 bridgehead atoms. The first-order valence-electron chi connectivity index (χ1n) is 2.13. The summed E-state index contributed by atoms with van der Waals surface area (Å²) in [5, 5.41) is 0. The Kier molecular flexibility index (Phi) is 2.23. The second kappa shape index (κ2) is 2.78. The molecule has 1 aromatic rings. The van der Waals surface area contributed by atoms with E-state index in [4.69, 9.17) is 5.73 Å². The molecule has 0 aliphatic rings. The standard InChI is InChI=1S/C4H3BrIN3/c5-2-1-8-4(6)9-3(2)7/h1H,(H2,7,8,9). The number of nitrogens with zero attached hydrogens (tertiary/aromatic N) is 2. The number of hydrogen-bond acceptors (Lipinski definition) is 3. The number of halogens is 2. The summed E-state index contributed by atoms with van der Waals surface area (Å²) >= 11 is 5.18. The molecular formula is C4H3BrIN3. The van der Waals surface area contributed by atoms with Gasteiger partial charge in [0.1, 0.15) is 5.82 Å². The fourth-order valence-electron chi connectivity index (χ4n) is 0.358. The monoisotopic (exact) mass is 299 g/mol. The summed E-state index contributed by atoms with van der Waals surface area (Å²) in [5.41, 5.74) is 5.42. The number of nitrogen functional groups attached to an aromatic ring is 1. The van der Waals surface area contributed by atoms with E-state index in [2.05, 4.69) is 25.9 Å². The first-order valence-corrected chi connectivity index (χ1v) is 4.01. The van der Waals surface area contributed by atoms with Crippen LogP contribution in [0.25, 0.3) is 0 Å². The highest BCUT2D eigenvalue weighted by atomic mass is 127. The Morgan fingerprint density at radius 1 is 1.67 bits per heavy atom. The Bertz CT molecular complexity index is 227. The lowest BCUT2D eigenvalue weighted by Crippen LogP contribution is -1.95. The van der Waals surface area contributed by atoms with Gasteiger partial charge in [0.05, 0.1) is 4.47 Å². The lowest BCUT2D eigenvalue weighted by atomic mass is 10.6. The average Bonchev–Trinajstić information content (AvgIpc) is 1.80. The van der Waals surface area contributed by atoms with Crippen LogP contribution in [-0.4, -0.2) is 9.97 Å². The van der Waals surface area contributed by atoms with E-state index in [0.29, 0.717) is 9.65 Å². The van der Waals surface area contributed by atoms with Crippen LogP contribution >= 0.6 is 38.5 Å². The van der Waals surface area contributed by atoms with Crippen LogP contribution in [0.3, 0.4) is 0 Å². The summed E-state index contributed by atoms with van der Waals surface area (Å²) in [5.74, 6) is 0.481. The van der Waals surface area contributed by atoms with E-state index < -0.39 is 0 Å². The second-order valence-corrected chi connectivity index (χ2v) is 3.19. The van der Waals surface area contributed by atoms with Crippen LogP contribution in [0.1, 0.15) is 0 Å². The van der Waals surface area contributed by atoms with Crippen molar-refractivity contribution in [1.82, 2.24) is 9.97 Å². The lowest BCUT2D eigenvalue weighted by Gasteiger charge is -1.93. The molecule has 48 valence electrons. The third-order valence-corrected chi connectivity index (χ3v) is 1.87. The highest BCUT2D eigenvalue weighted by Crippen LogP contribution is 2.14. The molecule has 0 atom stereocenters. The topological polar surface area (TPSA) is 51.8 Å². The maximum absolute atomic E-state index is 5.42. The molecule has 1 aromatic heterocycles. The molecule has 0 aliphatic carbocycles. The largest absolute Gasteiger partial charge is 0.383 e. The zero-order chi connectivity index (χ0) is 6.85.